The molecule has 0 bridgehead atoms. The van der Waals surface area contributed by atoms with Gasteiger partial charge in [-0.1, -0.05) is 0 Å². The molecule has 2 aliphatic rings. The van der Waals surface area contributed by atoms with Crippen molar-refractivity contribution in [3.05, 3.63) is 29.6 Å². The van der Waals surface area contributed by atoms with E-state index in [2.05, 4.69) is 4.98 Å². The van der Waals surface area contributed by atoms with Crippen LogP contribution < -0.4 is 0 Å². The van der Waals surface area contributed by atoms with E-state index in [1.165, 1.54) is 23.9 Å². The lowest BCUT2D eigenvalue weighted by molar-refractivity contribution is -0.138. The first-order valence-corrected chi connectivity index (χ1v) is 7.87. The van der Waals surface area contributed by atoms with Crippen molar-refractivity contribution in [1.82, 2.24) is 9.88 Å². The van der Waals surface area contributed by atoms with Crippen LogP contribution in [0.25, 0.3) is 0 Å². The molecule has 1 aliphatic heterocycles. The molecular weight excluding hydrogens is 309 g/mol. The standard InChI is InChI=1S/C16H19F3N2O2/c17-16(18,19)14-8-20-6-5-13(14)15(22)21-7-1-2-12(9-21)23-10-11-3-4-11/h5-6,8,11-12H,1-4,7,9-10H2/t12-/m1/s1. The van der Waals surface area contributed by atoms with Crippen LogP contribution in [-0.2, 0) is 10.9 Å². The van der Waals surface area contributed by atoms with Gasteiger partial charge >= 0.3 is 6.18 Å². The fourth-order valence-electron chi connectivity index (χ4n) is 2.79. The van der Waals surface area contributed by atoms with Gasteiger partial charge in [0.2, 0.25) is 0 Å². The van der Waals surface area contributed by atoms with Crippen molar-refractivity contribution in [2.75, 3.05) is 19.7 Å². The lowest BCUT2D eigenvalue weighted by Gasteiger charge is -2.33. The van der Waals surface area contributed by atoms with E-state index in [1.54, 1.807) is 0 Å². The van der Waals surface area contributed by atoms with E-state index in [1.807, 2.05) is 0 Å². The maximum Gasteiger partial charge on any atom is 0.418 e. The van der Waals surface area contributed by atoms with Gasteiger partial charge in [-0.15, -0.1) is 0 Å². The van der Waals surface area contributed by atoms with Gasteiger partial charge in [0.15, 0.2) is 0 Å². The summed E-state index contributed by atoms with van der Waals surface area (Å²) in [5.74, 6) is 0.0255. The highest BCUT2D eigenvalue weighted by atomic mass is 19.4. The summed E-state index contributed by atoms with van der Waals surface area (Å²) in [4.78, 5) is 17.5. The molecule has 0 unspecified atom stereocenters. The molecule has 1 saturated carbocycles. The molecule has 0 aromatic carbocycles. The van der Waals surface area contributed by atoms with E-state index in [-0.39, 0.29) is 11.7 Å². The van der Waals surface area contributed by atoms with Gasteiger partial charge in [-0.3, -0.25) is 9.78 Å². The first-order chi connectivity index (χ1) is 10.9. The molecule has 2 fully saturated rings. The summed E-state index contributed by atoms with van der Waals surface area (Å²) in [5, 5.41) is 0. The summed E-state index contributed by atoms with van der Waals surface area (Å²) < 4.78 is 44.9. The SMILES string of the molecule is O=C(c1ccncc1C(F)(F)F)N1CCC[C@@H](OCC2CC2)C1. The van der Waals surface area contributed by atoms with Crippen molar-refractivity contribution >= 4 is 5.91 Å². The molecule has 1 atom stereocenters. The molecule has 1 aromatic heterocycles. The number of hydrogen-bond acceptors (Lipinski definition) is 3. The Labute approximate surface area is 132 Å². The van der Waals surface area contributed by atoms with Crippen molar-refractivity contribution in [3.63, 3.8) is 0 Å². The molecule has 3 rings (SSSR count). The molecule has 1 amide bonds. The molecule has 0 N–H and O–H groups in total. The van der Waals surface area contributed by atoms with Crippen molar-refractivity contribution in [2.45, 2.75) is 38.0 Å². The number of pyridine rings is 1. The van der Waals surface area contributed by atoms with Crippen LogP contribution >= 0.6 is 0 Å². The molecule has 7 heteroatoms. The minimum atomic E-state index is -4.59. The highest BCUT2D eigenvalue weighted by molar-refractivity contribution is 5.95. The zero-order chi connectivity index (χ0) is 16.4. The molecular formula is C16H19F3N2O2. The number of carbonyl (C=O) groups is 1. The van der Waals surface area contributed by atoms with Gasteiger partial charge in [-0.05, 0) is 37.7 Å². The van der Waals surface area contributed by atoms with Crippen molar-refractivity contribution in [2.24, 2.45) is 5.92 Å². The lowest BCUT2D eigenvalue weighted by atomic mass is 10.0. The Bertz CT molecular complexity index is 573. The smallest absolute Gasteiger partial charge is 0.376 e. The van der Waals surface area contributed by atoms with E-state index < -0.39 is 17.6 Å². The van der Waals surface area contributed by atoms with Crippen LogP contribution in [-0.4, -0.2) is 41.6 Å². The maximum absolute atomic E-state index is 13.0. The molecule has 0 spiro atoms. The van der Waals surface area contributed by atoms with Crippen LogP contribution in [0.5, 0.6) is 0 Å². The van der Waals surface area contributed by atoms with Crippen LogP contribution in [0.4, 0.5) is 13.2 Å². The van der Waals surface area contributed by atoms with Crippen LogP contribution in [0.15, 0.2) is 18.5 Å². The lowest BCUT2D eigenvalue weighted by Crippen LogP contribution is -2.44. The number of nitrogens with zero attached hydrogens (tertiary/aromatic N) is 2. The number of carbonyl (C=O) groups excluding carboxylic acids is 1. The fourth-order valence-corrected chi connectivity index (χ4v) is 2.79. The quantitative estimate of drug-likeness (QED) is 0.853. The number of alkyl halides is 3. The van der Waals surface area contributed by atoms with Crippen molar-refractivity contribution in [3.8, 4) is 0 Å². The second-order valence-corrected chi connectivity index (χ2v) is 6.21. The number of likely N-dealkylation sites (tertiary alicyclic amines) is 1. The first-order valence-electron chi connectivity index (χ1n) is 7.87. The Morgan fingerprint density at radius 1 is 1.35 bits per heavy atom. The Balaban J connectivity index is 1.69. The number of ether oxygens (including phenoxy) is 1. The fraction of sp³-hybridized carbons (Fsp3) is 0.625. The molecule has 1 saturated heterocycles. The first kappa shape index (κ1) is 16.2. The summed E-state index contributed by atoms with van der Waals surface area (Å²) in [5.41, 5.74) is -1.32. The van der Waals surface area contributed by atoms with Gasteiger partial charge in [-0.25, -0.2) is 0 Å². The second kappa shape index (κ2) is 6.47. The van der Waals surface area contributed by atoms with Gasteiger partial charge in [0, 0.05) is 32.1 Å². The second-order valence-electron chi connectivity index (χ2n) is 6.21. The van der Waals surface area contributed by atoms with Crippen LogP contribution in [0.2, 0.25) is 0 Å². The highest BCUT2D eigenvalue weighted by Gasteiger charge is 2.37. The molecule has 1 aromatic rings. The van der Waals surface area contributed by atoms with Gasteiger partial charge in [0.1, 0.15) is 0 Å². The Hall–Kier alpha value is -1.63. The van der Waals surface area contributed by atoms with Gasteiger partial charge in [-0.2, -0.15) is 13.2 Å². The van der Waals surface area contributed by atoms with Crippen molar-refractivity contribution in [1.29, 1.82) is 0 Å². The molecule has 4 nitrogen and oxygen atoms in total. The number of amides is 1. The molecule has 126 valence electrons. The van der Waals surface area contributed by atoms with Crippen LogP contribution in [0, 0.1) is 5.92 Å². The summed E-state index contributed by atoms with van der Waals surface area (Å²) in [7, 11) is 0. The van der Waals surface area contributed by atoms with Gasteiger partial charge < -0.3 is 9.64 Å². The zero-order valence-electron chi connectivity index (χ0n) is 12.7. The molecule has 23 heavy (non-hydrogen) atoms. The topological polar surface area (TPSA) is 42.4 Å². The average molecular weight is 328 g/mol. The molecule has 2 heterocycles. The predicted molar refractivity (Wildman–Crippen MR) is 76.8 cm³/mol. The van der Waals surface area contributed by atoms with E-state index >= 15 is 0 Å². The number of rotatable bonds is 4. The Morgan fingerprint density at radius 2 is 2.13 bits per heavy atom. The Kier molecular flexibility index (Phi) is 4.57. The van der Waals surface area contributed by atoms with Gasteiger partial charge in [0.25, 0.3) is 5.91 Å². The maximum atomic E-state index is 13.0. The van der Waals surface area contributed by atoms with Crippen LogP contribution in [0.1, 0.15) is 41.6 Å². The molecule has 1 aliphatic carbocycles. The van der Waals surface area contributed by atoms with Gasteiger partial charge in [0.05, 0.1) is 17.2 Å². The minimum Gasteiger partial charge on any atom is -0.376 e. The monoisotopic (exact) mass is 328 g/mol. The third-order valence-electron chi connectivity index (χ3n) is 4.29. The van der Waals surface area contributed by atoms with E-state index in [0.717, 1.165) is 18.9 Å². The highest BCUT2D eigenvalue weighted by Crippen LogP contribution is 2.33. The summed E-state index contributed by atoms with van der Waals surface area (Å²) in [6.45, 7) is 1.50. The largest absolute Gasteiger partial charge is 0.418 e. The third-order valence-corrected chi connectivity index (χ3v) is 4.29. The number of hydrogen-bond donors (Lipinski definition) is 0. The van der Waals surface area contributed by atoms with E-state index in [9.17, 15) is 18.0 Å². The van der Waals surface area contributed by atoms with Crippen molar-refractivity contribution < 1.29 is 22.7 Å². The average Bonchev–Trinajstić information content (AvgIpc) is 3.36. The number of aromatic nitrogens is 1. The molecule has 0 radical (unpaired) electrons. The Morgan fingerprint density at radius 3 is 2.83 bits per heavy atom. The van der Waals surface area contributed by atoms with Crippen LogP contribution in [0.3, 0.4) is 0 Å². The number of piperidine rings is 1. The number of halogens is 3. The van der Waals surface area contributed by atoms with E-state index in [4.69, 9.17) is 4.74 Å². The zero-order valence-corrected chi connectivity index (χ0v) is 12.7. The summed E-state index contributed by atoms with van der Waals surface area (Å²) in [6.07, 6.45) is 1.21. The third kappa shape index (κ3) is 4.02. The van der Waals surface area contributed by atoms with E-state index in [0.29, 0.717) is 31.8 Å². The summed E-state index contributed by atoms with van der Waals surface area (Å²) >= 11 is 0. The summed E-state index contributed by atoms with van der Waals surface area (Å²) in [6, 6.07) is 1.14. The predicted octanol–water partition coefficient (Wildman–Crippen LogP) is 3.13. The normalized spacial score (nSPS) is 22.2. The minimum absolute atomic E-state index is 0.0792.